The first-order chi connectivity index (χ1) is 16.0. The second-order valence-electron chi connectivity index (χ2n) is 8.35. The number of aromatic nitrogens is 2. The van der Waals surface area contributed by atoms with Gasteiger partial charge in [0.15, 0.2) is 0 Å². The third-order valence-electron chi connectivity index (χ3n) is 5.68. The van der Waals surface area contributed by atoms with Crippen molar-refractivity contribution in [2.75, 3.05) is 34.3 Å². The third-order valence-corrected chi connectivity index (χ3v) is 5.68. The molecule has 0 aliphatic heterocycles. The summed E-state index contributed by atoms with van der Waals surface area (Å²) in [5.74, 6) is 0.574. The Labute approximate surface area is 197 Å². The molecule has 0 saturated heterocycles. The molecule has 0 spiro atoms. The van der Waals surface area contributed by atoms with Crippen LogP contribution in [-0.2, 0) is 0 Å². The number of benzene rings is 1. The zero-order chi connectivity index (χ0) is 25.0. The highest BCUT2D eigenvalue weighted by Gasteiger charge is 2.41. The molecule has 0 fully saturated rings. The molecule has 7 nitrogen and oxygen atoms in total. The highest BCUT2D eigenvalue weighted by molar-refractivity contribution is 5.76. The summed E-state index contributed by atoms with van der Waals surface area (Å²) in [5, 5.41) is 6.40. The number of rotatable bonds is 8. The number of carbonyl (C=O) groups excluding carboxylic acids is 1. The lowest BCUT2D eigenvalue weighted by molar-refractivity contribution is -0.156. The van der Waals surface area contributed by atoms with Gasteiger partial charge in [-0.2, -0.15) is 18.3 Å². The Morgan fingerprint density at radius 1 is 1.18 bits per heavy atom. The van der Waals surface area contributed by atoms with Crippen molar-refractivity contribution >= 4 is 11.5 Å². The van der Waals surface area contributed by atoms with Gasteiger partial charge in [0, 0.05) is 19.2 Å². The summed E-state index contributed by atoms with van der Waals surface area (Å²) in [7, 11) is 4.64. The summed E-state index contributed by atoms with van der Waals surface area (Å²) in [5.41, 5.74) is 3.46. The molecule has 0 aliphatic rings. The average molecular weight is 478 g/mol. The Morgan fingerprint density at radius 3 is 2.53 bits per heavy atom. The third kappa shape index (κ3) is 5.61. The van der Waals surface area contributed by atoms with Gasteiger partial charge in [0.2, 0.25) is 5.88 Å². The smallest absolute Gasteiger partial charge is 0.409 e. The Balaban J connectivity index is 1.87. The van der Waals surface area contributed by atoms with E-state index in [1.54, 1.807) is 31.7 Å². The van der Waals surface area contributed by atoms with Gasteiger partial charge in [-0.25, -0.2) is 9.31 Å². The van der Waals surface area contributed by atoms with Gasteiger partial charge in [-0.15, -0.1) is 0 Å². The number of alkyl halides is 3. The standard InChI is InChI=1S/C24H30F3N5O2/c1-6-31(23(33)29-21(15-30(3)4)24(25,26)27)16(2)17-8-7-9-18(12-17)19-13-20-10-11-28-32(20)22(14-19)34-5/h7-14,16,21H,6,15H2,1-5H3,(H,29,33). The molecule has 2 atom stereocenters. The fourth-order valence-electron chi connectivity index (χ4n) is 3.89. The van der Waals surface area contributed by atoms with Gasteiger partial charge < -0.3 is 19.9 Å². The molecule has 1 aromatic carbocycles. The van der Waals surface area contributed by atoms with E-state index in [0.29, 0.717) is 5.88 Å². The summed E-state index contributed by atoms with van der Waals surface area (Å²) in [6.45, 7) is 3.46. The fourth-order valence-corrected chi connectivity index (χ4v) is 3.89. The van der Waals surface area contributed by atoms with Gasteiger partial charge in [-0.1, -0.05) is 18.2 Å². The van der Waals surface area contributed by atoms with Crippen LogP contribution >= 0.6 is 0 Å². The minimum absolute atomic E-state index is 0.249. The lowest BCUT2D eigenvalue weighted by Crippen LogP contribution is -2.54. The highest BCUT2D eigenvalue weighted by Crippen LogP contribution is 2.30. The molecule has 0 bridgehead atoms. The number of carbonyl (C=O) groups is 1. The van der Waals surface area contributed by atoms with Gasteiger partial charge in [0.1, 0.15) is 6.04 Å². The van der Waals surface area contributed by atoms with Crippen molar-refractivity contribution in [3.05, 3.63) is 54.2 Å². The van der Waals surface area contributed by atoms with E-state index in [1.165, 1.54) is 23.9 Å². The van der Waals surface area contributed by atoms with E-state index in [4.69, 9.17) is 4.74 Å². The van der Waals surface area contributed by atoms with Gasteiger partial charge in [-0.05, 0) is 62.8 Å². The van der Waals surface area contributed by atoms with Crippen LogP contribution in [0.4, 0.5) is 18.0 Å². The zero-order valence-corrected chi connectivity index (χ0v) is 19.9. The topological polar surface area (TPSA) is 62.1 Å². The average Bonchev–Trinajstić information content (AvgIpc) is 3.26. The number of amides is 2. The summed E-state index contributed by atoms with van der Waals surface area (Å²) in [6, 6.07) is 10.1. The van der Waals surface area contributed by atoms with Crippen molar-refractivity contribution in [2.45, 2.75) is 32.1 Å². The van der Waals surface area contributed by atoms with Crippen LogP contribution in [0.25, 0.3) is 16.6 Å². The lowest BCUT2D eigenvalue weighted by Gasteiger charge is -2.32. The van der Waals surface area contributed by atoms with Crippen LogP contribution < -0.4 is 10.1 Å². The maximum Gasteiger partial charge on any atom is 0.409 e. The first-order valence-corrected chi connectivity index (χ1v) is 11.0. The van der Waals surface area contributed by atoms with Gasteiger partial charge >= 0.3 is 12.2 Å². The van der Waals surface area contributed by atoms with E-state index in [9.17, 15) is 18.0 Å². The van der Waals surface area contributed by atoms with E-state index in [2.05, 4.69) is 10.4 Å². The van der Waals surface area contributed by atoms with Crippen molar-refractivity contribution in [1.82, 2.24) is 24.7 Å². The predicted octanol–water partition coefficient (Wildman–Crippen LogP) is 4.59. The second kappa shape index (κ2) is 10.3. The number of nitrogens with one attached hydrogen (secondary N) is 1. The van der Waals surface area contributed by atoms with Gasteiger partial charge in [-0.3, -0.25) is 0 Å². The number of ether oxygens (including phenoxy) is 1. The van der Waals surface area contributed by atoms with Crippen LogP contribution in [0.15, 0.2) is 48.7 Å². The molecule has 0 saturated carbocycles. The molecule has 1 N–H and O–H groups in total. The van der Waals surface area contributed by atoms with Crippen LogP contribution in [0.1, 0.15) is 25.5 Å². The lowest BCUT2D eigenvalue weighted by atomic mass is 9.99. The van der Waals surface area contributed by atoms with Crippen LogP contribution in [0.5, 0.6) is 5.88 Å². The number of hydrogen-bond acceptors (Lipinski definition) is 4. The Bertz CT molecular complexity index is 1130. The van der Waals surface area contributed by atoms with Gasteiger partial charge in [0.05, 0.1) is 24.9 Å². The number of urea groups is 1. The van der Waals surface area contributed by atoms with Crippen LogP contribution in [0.3, 0.4) is 0 Å². The Morgan fingerprint density at radius 2 is 1.91 bits per heavy atom. The number of nitrogens with zero attached hydrogens (tertiary/aromatic N) is 4. The first kappa shape index (κ1) is 25.4. The molecular formula is C24H30F3N5O2. The molecule has 2 amide bonds. The Hall–Kier alpha value is -3.27. The SMILES string of the molecule is CCN(C(=O)NC(CN(C)C)C(F)(F)F)C(C)c1cccc(-c2cc(OC)n3nccc3c2)c1. The summed E-state index contributed by atoms with van der Waals surface area (Å²) in [4.78, 5) is 15.6. The van der Waals surface area contributed by atoms with E-state index in [1.807, 2.05) is 42.5 Å². The number of fused-ring (bicyclic) bond motifs is 1. The molecule has 184 valence electrons. The molecule has 0 radical (unpaired) electrons. The van der Waals surface area contributed by atoms with Crippen molar-refractivity contribution in [1.29, 1.82) is 0 Å². The molecule has 0 aliphatic carbocycles. The van der Waals surface area contributed by atoms with Crippen LogP contribution in [0, 0.1) is 0 Å². The first-order valence-electron chi connectivity index (χ1n) is 11.0. The van der Waals surface area contributed by atoms with E-state index in [0.717, 1.165) is 22.2 Å². The Kier molecular flexibility index (Phi) is 7.71. The van der Waals surface area contributed by atoms with Crippen LogP contribution in [0.2, 0.25) is 0 Å². The zero-order valence-electron chi connectivity index (χ0n) is 19.9. The molecule has 2 heterocycles. The van der Waals surface area contributed by atoms with Gasteiger partial charge in [0.25, 0.3) is 0 Å². The second-order valence-corrected chi connectivity index (χ2v) is 8.35. The van der Waals surface area contributed by atoms with Crippen molar-refractivity contribution in [2.24, 2.45) is 0 Å². The summed E-state index contributed by atoms with van der Waals surface area (Å²) in [6.07, 6.45) is -2.86. The maximum absolute atomic E-state index is 13.4. The molecule has 3 aromatic rings. The predicted molar refractivity (Wildman–Crippen MR) is 125 cm³/mol. The normalized spacial score (nSPS) is 13.7. The van der Waals surface area contributed by atoms with Crippen LogP contribution in [-0.4, -0.2) is 72.0 Å². The number of pyridine rings is 1. The molecule has 3 rings (SSSR count). The summed E-state index contributed by atoms with van der Waals surface area (Å²) < 4.78 is 47.5. The number of hydrogen-bond donors (Lipinski definition) is 1. The number of methoxy groups -OCH3 is 1. The quantitative estimate of drug-likeness (QED) is 0.515. The molecular weight excluding hydrogens is 447 g/mol. The number of likely N-dealkylation sites (N-methyl/N-ethyl adjacent to an activating group) is 1. The summed E-state index contributed by atoms with van der Waals surface area (Å²) >= 11 is 0. The monoisotopic (exact) mass is 477 g/mol. The minimum atomic E-state index is -4.55. The molecule has 34 heavy (non-hydrogen) atoms. The highest BCUT2D eigenvalue weighted by atomic mass is 19.4. The molecule has 2 aromatic heterocycles. The maximum atomic E-state index is 13.4. The van der Waals surface area contributed by atoms with E-state index >= 15 is 0 Å². The fraction of sp³-hybridized carbons (Fsp3) is 0.417. The number of halogens is 3. The van der Waals surface area contributed by atoms with Crippen molar-refractivity contribution in [3.63, 3.8) is 0 Å². The van der Waals surface area contributed by atoms with E-state index in [-0.39, 0.29) is 13.1 Å². The largest absolute Gasteiger partial charge is 0.481 e. The van der Waals surface area contributed by atoms with Crippen molar-refractivity contribution in [3.8, 4) is 17.0 Å². The minimum Gasteiger partial charge on any atom is -0.481 e. The molecule has 2 unspecified atom stereocenters. The van der Waals surface area contributed by atoms with E-state index < -0.39 is 24.3 Å². The van der Waals surface area contributed by atoms with Crippen molar-refractivity contribution < 1.29 is 22.7 Å². The molecule has 10 heteroatoms.